The lowest BCUT2D eigenvalue weighted by atomic mass is 10.1. The molecule has 0 aliphatic heterocycles. The topological polar surface area (TPSA) is 86.1 Å². The minimum atomic E-state index is -0.805. The first-order valence-corrected chi connectivity index (χ1v) is 8.08. The molecule has 0 atom stereocenters. The summed E-state index contributed by atoms with van der Waals surface area (Å²) < 4.78 is 20.1. The number of ether oxygens (including phenoxy) is 1. The lowest BCUT2D eigenvalue weighted by Crippen LogP contribution is -2.16. The molecule has 2 aromatic heterocycles. The maximum absolute atomic E-state index is 13.9. The Hall–Kier alpha value is -3.55. The van der Waals surface area contributed by atoms with Crippen molar-refractivity contribution in [2.24, 2.45) is 0 Å². The normalized spacial score (nSPS) is 10.5. The summed E-state index contributed by atoms with van der Waals surface area (Å²) in [7, 11) is 1.17. The second-order valence-electron chi connectivity index (χ2n) is 5.78. The standard InChI is InChI=1S/C19H17FN4O3/c1-11-15(8-7-14(20)17(11)19(26)27-3)23-18(25)13-10-22-24(12(13)2)16-6-4-5-9-21-16/h4-10H,1-3H3,(H,23,25). The van der Waals surface area contributed by atoms with Gasteiger partial charge in [0.05, 0.1) is 24.6 Å². The van der Waals surface area contributed by atoms with Crippen LogP contribution in [0, 0.1) is 19.7 Å². The van der Waals surface area contributed by atoms with Gasteiger partial charge in [-0.3, -0.25) is 4.79 Å². The summed E-state index contributed by atoms with van der Waals surface area (Å²) in [6.07, 6.45) is 3.06. The SMILES string of the molecule is COC(=O)c1c(F)ccc(NC(=O)c2cnn(-c3ccccn3)c2C)c1C. The second kappa shape index (κ2) is 7.36. The molecule has 3 aromatic rings. The summed E-state index contributed by atoms with van der Waals surface area (Å²) in [5.74, 6) is -1.36. The van der Waals surface area contributed by atoms with Gasteiger partial charge in [-0.2, -0.15) is 5.10 Å². The summed E-state index contributed by atoms with van der Waals surface area (Å²) in [6, 6.07) is 7.88. The number of carbonyl (C=O) groups excluding carboxylic acids is 2. The van der Waals surface area contributed by atoms with Gasteiger partial charge in [-0.1, -0.05) is 6.07 Å². The molecule has 0 saturated heterocycles. The number of amides is 1. The smallest absolute Gasteiger partial charge is 0.341 e. The van der Waals surface area contributed by atoms with Gasteiger partial charge in [0.15, 0.2) is 5.82 Å². The van der Waals surface area contributed by atoms with Crippen LogP contribution in [0.15, 0.2) is 42.7 Å². The Balaban J connectivity index is 1.91. The molecule has 138 valence electrons. The highest BCUT2D eigenvalue weighted by Crippen LogP contribution is 2.24. The van der Waals surface area contributed by atoms with E-state index < -0.39 is 17.7 Å². The van der Waals surface area contributed by atoms with Crippen LogP contribution >= 0.6 is 0 Å². The van der Waals surface area contributed by atoms with Gasteiger partial charge in [-0.25, -0.2) is 18.9 Å². The minimum absolute atomic E-state index is 0.212. The third-order valence-corrected chi connectivity index (χ3v) is 4.17. The molecule has 0 radical (unpaired) electrons. The van der Waals surface area contributed by atoms with E-state index in [9.17, 15) is 14.0 Å². The van der Waals surface area contributed by atoms with Crippen molar-refractivity contribution in [2.75, 3.05) is 12.4 Å². The van der Waals surface area contributed by atoms with E-state index in [-0.39, 0.29) is 11.1 Å². The van der Waals surface area contributed by atoms with Gasteiger partial charge >= 0.3 is 5.97 Å². The summed E-state index contributed by atoms with van der Waals surface area (Å²) in [4.78, 5) is 28.7. The maximum atomic E-state index is 13.9. The van der Waals surface area contributed by atoms with E-state index >= 15 is 0 Å². The van der Waals surface area contributed by atoms with Crippen molar-refractivity contribution in [3.8, 4) is 5.82 Å². The fourth-order valence-corrected chi connectivity index (χ4v) is 2.70. The van der Waals surface area contributed by atoms with Gasteiger partial charge in [-0.05, 0) is 43.7 Å². The number of pyridine rings is 1. The third-order valence-electron chi connectivity index (χ3n) is 4.17. The van der Waals surface area contributed by atoms with E-state index in [0.717, 1.165) is 6.07 Å². The molecule has 27 heavy (non-hydrogen) atoms. The van der Waals surface area contributed by atoms with Crippen LogP contribution in [0.3, 0.4) is 0 Å². The van der Waals surface area contributed by atoms with E-state index in [1.165, 1.54) is 26.3 Å². The Morgan fingerprint density at radius 3 is 2.63 bits per heavy atom. The van der Waals surface area contributed by atoms with Crippen molar-refractivity contribution in [3.63, 3.8) is 0 Å². The molecule has 0 fully saturated rings. The largest absolute Gasteiger partial charge is 0.465 e. The Labute approximate surface area is 154 Å². The van der Waals surface area contributed by atoms with Crippen LogP contribution in [0.2, 0.25) is 0 Å². The van der Waals surface area contributed by atoms with Crippen molar-refractivity contribution < 1.29 is 18.7 Å². The molecule has 0 unspecified atom stereocenters. The predicted octanol–water partition coefficient (Wildman–Crippen LogP) is 3.06. The highest BCUT2D eigenvalue weighted by atomic mass is 19.1. The Kier molecular flexibility index (Phi) is 4.98. The molecule has 0 aliphatic carbocycles. The first-order chi connectivity index (χ1) is 12.9. The van der Waals surface area contributed by atoms with Crippen LogP contribution in [0.5, 0.6) is 0 Å². The lowest BCUT2D eigenvalue weighted by Gasteiger charge is -2.12. The van der Waals surface area contributed by atoms with Gasteiger partial charge in [0.2, 0.25) is 0 Å². The number of anilines is 1. The number of halogens is 1. The zero-order valence-electron chi connectivity index (χ0n) is 15.0. The Morgan fingerprint density at radius 1 is 1.19 bits per heavy atom. The highest BCUT2D eigenvalue weighted by molar-refractivity contribution is 6.06. The quantitative estimate of drug-likeness (QED) is 0.715. The Bertz CT molecular complexity index is 1020. The first-order valence-electron chi connectivity index (χ1n) is 8.08. The second-order valence-corrected chi connectivity index (χ2v) is 5.78. The van der Waals surface area contributed by atoms with Gasteiger partial charge in [-0.15, -0.1) is 0 Å². The highest BCUT2D eigenvalue weighted by Gasteiger charge is 2.21. The summed E-state index contributed by atoms with van der Waals surface area (Å²) in [5, 5.41) is 6.90. The predicted molar refractivity (Wildman–Crippen MR) is 96.5 cm³/mol. The van der Waals surface area contributed by atoms with Crippen molar-refractivity contribution in [2.45, 2.75) is 13.8 Å². The van der Waals surface area contributed by atoms with Crippen molar-refractivity contribution >= 4 is 17.6 Å². The van der Waals surface area contributed by atoms with E-state index in [0.29, 0.717) is 22.8 Å². The van der Waals surface area contributed by atoms with Crippen LogP contribution in [0.4, 0.5) is 10.1 Å². The average Bonchev–Trinajstić information content (AvgIpc) is 3.06. The monoisotopic (exact) mass is 368 g/mol. The van der Waals surface area contributed by atoms with Crippen molar-refractivity contribution in [1.29, 1.82) is 0 Å². The number of nitrogens with one attached hydrogen (secondary N) is 1. The van der Waals surface area contributed by atoms with Crippen LogP contribution in [-0.4, -0.2) is 33.8 Å². The van der Waals surface area contributed by atoms with Crippen LogP contribution in [0.1, 0.15) is 32.0 Å². The van der Waals surface area contributed by atoms with Gasteiger partial charge < -0.3 is 10.1 Å². The van der Waals surface area contributed by atoms with Gasteiger partial charge in [0.25, 0.3) is 5.91 Å². The van der Waals surface area contributed by atoms with Crippen LogP contribution in [0.25, 0.3) is 5.82 Å². The molecule has 0 spiro atoms. The summed E-state index contributed by atoms with van der Waals surface area (Å²) in [6.45, 7) is 3.28. The number of aromatic nitrogens is 3. The molecule has 1 aromatic carbocycles. The minimum Gasteiger partial charge on any atom is -0.465 e. The number of esters is 1. The van der Waals surface area contributed by atoms with Crippen molar-refractivity contribution in [1.82, 2.24) is 14.8 Å². The van der Waals surface area contributed by atoms with Crippen molar-refractivity contribution in [3.05, 3.63) is 70.9 Å². The number of methoxy groups -OCH3 is 1. The van der Waals surface area contributed by atoms with E-state index in [1.54, 1.807) is 29.9 Å². The average molecular weight is 368 g/mol. The molecule has 0 saturated carbocycles. The van der Waals surface area contributed by atoms with Crippen LogP contribution in [-0.2, 0) is 4.74 Å². The molecule has 1 amide bonds. The number of carbonyl (C=O) groups is 2. The van der Waals surface area contributed by atoms with Crippen LogP contribution < -0.4 is 5.32 Å². The lowest BCUT2D eigenvalue weighted by molar-refractivity contribution is 0.0594. The number of benzene rings is 1. The number of rotatable bonds is 4. The molecule has 8 heteroatoms. The number of nitrogens with zero attached hydrogens (tertiary/aromatic N) is 3. The van der Waals surface area contributed by atoms with E-state index in [2.05, 4.69) is 20.1 Å². The zero-order valence-corrected chi connectivity index (χ0v) is 15.0. The molecule has 1 N–H and O–H groups in total. The molecule has 3 rings (SSSR count). The summed E-state index contributed by atoms with van der Waals surface area (Å²) in [5.41, 5.74) is 1.32. The molecular formula is C19H17FN4O3. The molecule has 0 aliphatic rings. The fourth-order valence-electron chi connectivity index (χ4n) is 2.70. The Morgan fingerprint density at radius 2 is 1.96 bits per heavy atom. The fraction of sp³-hybridized carbons (Fsp3) is 0.158. The van der Waals surface area contributed by atoms with E-state index in [1.807, 2.05) is 6.07 Å². The first kappa shape index (κ1) is 18.2. The van der Waals surface area contributed by atoms with Gasteiger partial charge in [0, 0.05) is 11.9 Å². The van der Waals surface area contributed by atoms with E-state index in [4.69, 9.17) is 0 Å². The number of hydrogen-bond acceptors (Lipinski definition) is 5. The van der Waals surface area contributed by atoms with Gasteiger partial charge in [0.1, 0.15) is 11.4 Å². The molecule has 2 heterocycles. The zero-order chi connectivity index (χ0) is 19.6. The maximum Gasteiger partial charge on any atom is 0.341 e. The number of hydrogen-bond donors (Lipinski definition) is 1. The molecule has 7 nitrogen and oxygen atoms in total. The molecular weight excluding hydrogens is 351 g/mol. The third kappa shape index (κ3) is 3.41. The summed E-state index contributed by atoms with van der Waals surface area (Å²) >= 11 is 0. The molecule has 0 bridgehead atoms.